The molecule has 1 N–H and O–H groups in total. The summed E-state index contributed by atoms with van der Waals surface area (Å²) in [7, 11) is 4.57. The fraction of sp³-hybridized carbons (Fsp3) is 1.00. The van der Waals surface area contributed by atoms with Crippen LogP contribution in [0, 0.1) is 11.8 Å². The smallest absolute Gasteiger partial charge is 0.0105 e. The van der Waals surface area contributed by atoms with Gasteiger partial charge in [-0.05, 0) is 58.0 Å². The van der Waals surface area contributed by atoms with Crippen LogP contribution in [0.2, 0.25) is 0 Å². The van der Waals surface area contributed by atoms with Gasteiger partial charge in [0.1, 0.15) is 0 Å². The average Bonchev–Trinajstić information content (AvgIpc) is 2.77. The summed E-state index contributed by atoms with van der Waals surface area (Å²) in [6.45, 7) is 3.66. The Bertz CT molecular complexity index is 271. The highest BCUT2D eigenvalue weighted by Gasteiger charge is 2.31. The highest BCUT2D eigenvalue weighted by molar-refractivity contribution is 4.87. The lowest BCUT2D eigenvalue weighted by molar-refractivity contribution is 0.123. The molecule has 0 amide bonds. The zero-order chi connectivity index (χ0) is 15.1. The maximum atomic E-state index is 3.61. The number of hydrogen-bond donors (Lipinski definition) is 1. The molecule has 2 heteroatoms. The lowest BCUT2D eigenvalue weighted by Crippen LogP contribution is -2.46. The Kier molecular flexibility index (Phi) is 7.53. The van der Waals surface area contributed by atoms with Crippen LogP contribution in [0.25, 0.3) is 0 Å². The van der Waals surface area contributed by atoms with Gasteiger partial charge in [0.2, 0.25) is 0 Å². The maximum absolute atomic E-state index is 3.61. The molecule has 0 spiro atoms. The van der Waals surface area contributed by atoms with Crippen molar-refractivity contribution >= 4 is 0 Å². The highest BCUT2D eigenvalue weighted by atomic mass is 15.1. The Balaban J connectivity index is 1.87. The van der Waals surface area contributed by atoms with Crippen LogP contribution in [-0.4, -0.2) is 37.6 Å². The first-order valence-corrected chi connectivity index (χ1v) is 9.62. The molecule has 0 saturated heterocycles. The van der Waals surface area contributed by atoms with Crippen LogP contribution < -0.4 is 5.32 Å². The molecular formula is C19H38N2. The van der Waals surface area contributed by atoms with Crippen LogP contribution >= 0.6 is 0 Å². The molecule has 2 aliphatic carbocycles. The number of hydrogen-bond acceptors (Lipinski definition) is 2. The second-order valence-corrected chi connectivity index (χ2v) is 7.71. The van der Waals surface area contributed by atoms with Crippen molar-refractivity contribution in [1.29, 1.82) is 0 Å². The van der Waals surface area contributed by atoms with Crippen LogP contribution in [0.15, 0.2) is 0 Å². The van der Waals surface area contributed by atoms with Crippen molar-refractivity contribution in [2.24, 2.45) is 11.8 Å². The summed E-state index contributed by atoms with van der Waals surface area (Å²) in [5.74, 6) is 1.86. The van der Waals surface area contributed by atoms with Crippen LogP contribution in [0.4, 0.5) is 0 Å². The van der Waals surface area contributed by atoms with Gasteiger partial charge in [0.25, 0.3) is 0 Å². The normalized spacial score (nSPS) is 32.3. The zero-order valence-electron chi connectivity index (χ0n) is 14.7. The number of nitrogens with one attached hydrogen (secondary N) is 1. The van der Waals surface area contributed by atoms with E-state index in [1.54, 1.807) is 0 Å². The summed E-state index contributed by atoms with van der Waals surface area (Å²) < 4.78 is 0. The summed E-state index contributed by atoms with van der Waals surface area (Å²) in [4.78, 5) is 2.72. The summed E-state index contributed by atoms with van der Waals surface area (Å²) >= 11 is 0. The predicted octanol–water partition coefficient (Wildman–Crippen LogP) is 4.45. The van der Waals surface area contributed by atoms with Gasteiger partial charge in [-0.1, -0.05) is 45.4 Å². The van der Waals surface area contributed by atoms with E-state index in [0.717, 1.165) is 23.9 Å². The molecule has 2 fully saturated rings. The molecule has 0 bridgehead atoms. The summed E-state index contributed by atoms with van der Waals surface area (Å²) in [5.41, 5.74) is 0. The molecule has 0 heterocycles. The maximum Gasteiger partial charge on any atom is 0.0105 e. The van der Waals surface area contributed by atoms with E-state index in [0.29, 0.717) is 0 Å². The monoisotopic (exact) mass is 294 g/mol. The predicted molar refractivity (Wildman–Crippen MR) is 92.7 cm³/mol. The van der Waals surface area contributed by atoms with Crippen molar-refractivity contribution in [3.05, 3.63) is 0 Å². The molecule has 124 valence electrons. The molecule has 2 rings (SSSR count). The van der Waals surface area contributed by atoms with Gasteiger partial charge in [0.05, 0.1) is 0 Å². The largest absolute Gasteiger partial charge is 0.317 e. The first-order valence-electron chi connectivity index (χ1n) is 9.62. The molecule has 0 aromatic rings. The molecule has 21 heavy (non-hydrogen) atoms. The van der Waals surface area contributed by atoms with Gasteiger partial charge >= 0.3 is 0 Å². The third-order valence-corrected chi connectivity index (χ3v) is 6.13. The van der Waals surface area contributed by atoms with Gasteiger partial charge in [-0.15, -0.1) is 0 Å². The van der Waals surface area contributed by atoms with Gasteiger partial charge < -0.3 is 10.2 Å². The lowest BCUT2D eigenvalue weighted by Gasteiger charge is -2.40. The van der Waals surface area contributed by atoms with Crippen molar-refractivity contribution in [3.8, 4) is 0 Å². The van der Waals surface area contributed by atoms with Crippen molar-refractivity contribution in [1.82, 2.24) is 10.2 Å². The first-order chi connectivity index (χ1) is 10.2. The molecule has 0 aromatic heterocycles. The molecule has 2 saturated carbocycles. The molecule has 0 radical (unpaired) electrons. The SMILES string of the molecule is CCCC1CCC(NC)C(CN(C)C2CCCCCC2)C1. The molecule has 3 unspecified atom stereocenters. The minimum Gasteiger partial charge on any atom is -0.317 e. The second-order valence-electron chi connectivity index (χ2n) is 7.71. The Hall–Kier alpha value is -0.0800. The van der Waals surface area contributed by atoms with Crippen LogP contribution in [-0.2, 0) is 0 Å². The fourth-order valence-corrected chi connectivity index (χ4v) is 4.83. The fourth-order valence-electron chi connectivity index (χ4n) is 4.83. The van der Waals surface area contributed by atoms with Gasteiger partial charge in [-0.3, -0.25) is 0 Å². The van der Waals surface area contributed by atoms with Gasteiger partial charge in [0.15, 0.2) is 0 Å². The molecule has 2 nitrogen and oxygen atoms in total. The standard InChI is InChI=1S/C19H38N2/c1-4-9-16-12-13-19(20-2)17(14-16)15-21(3)18-10-7-5-6-8-11-18/h16-20H,4-15H2,1-3H3. The molecule has 0 aliphatic heterocycles. The topological polar surface area (TPSA) is 15.3 Å². The van der Waals surface area contributed by atoms with E-state index >= 15 is 0 Å². The van der Waals surface area contributed by atoms with Crippen LogP contribution in [0.1, 0.15) is 77.6 Å². The van der Waals surface area contributed by atoms with E-state index in [4.69, 9.17) is 0 Å². The first kappa shape index (κ1) is 17.3. The average molecular weight is 295 g/mol. The minimum absolute atomic E-state index is 0.756. The summed E-state index contributed by atoms with van der Waals surface area (Å²) in [6.07, 6.45) is 15.8. The van der Waals surface area contributed by atoms with E-state index in [-0.39, 0.29) is 0 Å². The third-order valence-electron chi connectivity index (χ3n) is 6.13. The van der Waals surface area contributed by atoms with E-state index in [1.807, 2.05) is 0 Å². The lowest BCUT2D eigenvalue weighted by atomic mass is 9.76. The summed E-state index contributed by atoms with van der Waals surface area (Å²) in [6, 6.07) is 1.61. The Morgan fingerprint density at radius 3 is 2.33 bits per heavy atom. The second kappa shape index (κ2) is 9.15. The van der Waals surface area contributed by atoms with Crippen molar-refractivity contribution in [2.45, 2.75) is 89.6 Å². The zero-order valence-corrected chi connectivity index (χ0v) is 14.7. The summed E-state index contributed by atoms with van der Waals surface area (Å²) in [5, 5.41) is 3.61. The van der Waals surface area contributed by atoms with Gasteiger partial charge in [-0.2, -0.15) is 0 Å². The third kappa shape index (κ3) is 5.25. The van der Waals surface area contributed by atoms with E-state index < -0.39 is 0 Å². The van der Waals surface area contributed by atoms with E-state index in [2.05, 4.69) is 31.2 Å². The highest BCUT2D eigenvalue weighted by Crippen LogP contribution is 2.33. The molecular weight excluding hydrogens is 256 g/mol. The van der Waals surface area contributed by atoms with Gasteiger partial charge in [-0.25, -0.2) is 0 Å². The number of rotatable bonds is 6. The Morgan fingerprint density at radius 1 is 1.00 bits per heavy atom. The quantitative estimate of drug-likeness (QED) is 0.728. The van der Waals surface area contributed by atoms with E-state index in [9.17, 15) is 0 Å². The molecule has 2 aliphatic rings. The number of nitrogens with zero attached hydrogens (tertiary/aromatic N) is 1. The Labute approximate surface area is 133 Å². The van der Waals surface area contributed by atoms with Crippen molar-refractivity contribution < 1.29 is 0 Å². The van der Waals surface area contributed by atoms with E-state index in [1.165, 1.54) is 77.2 Å². The van der Waals surface area contributed by atoms with Crippen molar-refractivity contribution in [2.75, 3.05) is 20.6 Å². The molecule has 0 aromatic carbocycles. The van der Waals surface area contributed by atoms with Crippen LogP contribution in [0.5, 0.6) is 0 Å². The van der Waals surface area contributed by atoms with Crippen LogP contribution in [0.3, 0.4) is 0 Å². The molecule has 3 atom stereocenters. The van der Waals surface area contributed by atoms with Crippen molar-refractivity contribution in [3.63, 3.8) is 0 Å². The minimum atomic E-state index is 0.756. The van der Waals surface area contributed by atoms with Gasteiger partial charge in [0, 0.05) is 18.6 Å². The Morgan fingerprint density at radius 2 is 1.71 bits per heavy atom.